The van der Waals surface area contributed by atoms with Crippen LogP contribution < -0.4 is 5.32 Å². The van der Waals surface area contributed by atoms with Gasteiger partial charge in [-0.15, -0.1) is 0 Å². The Morgan fingerprint density at radius 2 is 2.43 bits per heavy atom. The van der Waals surface area contributed by atoms with Gasteiger partial charge in [-0.05, 0) is 12.5 Å². The summed E-state index contributed by atoms with van der Waals surface area (Å²) in [5.41, 5.74) is 1.02. The van der Waals surface area contributed by atoms with Gasteiger partial charge in [-0.2, -0.15) is 5.26 Å². The van der Waals surface area contributed by atoms with Gasteiger partial charge in [0.2, 0.25) is 0 Å². The number of aromatic nitrogens is 1. The van der Waals surface area contributed by atoms with E-state index in [1.165, 1.54) is 6.20 Å². The van der Waals surface area contributed by atoms with Gasteiger partial charge in [0.15, 0.2) is 0 Å². The third kappa shape index (κ3) is 2.12. The second-order valence-corrected chi connectivity index (χ2v) is 3.09. The third-order valence-corrected chi connectivity index (χ3v) is 2.16. The molecule has 1 aromatic rings. The number of hydrogen-bond acceptors (Lipinski definition) is 3. The number of rotatable bonds is 3. The Morgan fingerprint density at radius 3 is 3.00 bits per heavy atom. The van der Waals surface area contributed by atoms with Crippen LogP contribution in [0.2, 0.25) is 5.02 Å². The lowest BCUT2D eigenvalue weighted by Crippen LogP contribution is -2.07. The quantitative estimate of drug-likeness (QED) is 0.838. The normalized spacial score (nSPS) is 9.57. The predicted octanol–water partition coefficient (Wildman–Crippen LogP) is 2.30. The van der Waals surface area contributed by atoms with E-state index in [1.54, 1.807) is 6.92 Å². The van der Waals surface area contributed by atoms with Gasteiger partial charge in [0.1, 0.15) is 18.6 Å². The number of alkyl halides is 1. The maximum atomic E-state index is 11.9. The van der Waals surface area contributed by atoms with Crippen molar-refractivity contribution in [1.82, 2.24) is 4.98 Å². The monoisotopic (exact) mass is 213 g/mol. The standard InChI is InChI=1S/C9H9ClFN3/c1-6-7(4-12)9(13-3-2-11)14-5-8(6)10/h5H,2-3H2,1H3,(H,13,14). The number of anilines is 1. The smallest absolute Gasteiger partial charge is 0.144 e. The molecule has 0 saturated carbocycles. The number of hydrogen-bond donors (Lipinski definition) is 1. The van der Waals surface area contributed by atoms with Crippen LogP contribution in [0.5, 0.6) is 0 Å². The first-order valence-electron chi connectivity index (χ1n) is 4.05. The number of nitrogens with zero attached hydrogens (tertiary/aromatic N) is 2. The van der Waals surface area contributed by atoms with Crippen LogP contribution in [0.4, 0.5) is 10.2 Å². The SMILES string of the molecule is Cc1c(Cl)cnc(NCCF)c1C#N. The number of halogens is 2. The lowest BCUT2D eigenvalue weighted by atomic mass is 10.1. The minimum Gasteiger partial charge on any atom is -0.366 e. The summed E-state index contributed by atoms with van der Waals surface area (Å²) in [7, 11) is 0. The van der Waals surface area contributed by atoms with Crippen LogP contribution in [-0.4, -0.2) is 18.2 Å². The highest BCUT2D eigenvalue weighted by molar-refractivity contribution is 6.31. The molecular formula is C9H9ClFN3. The Balaban J connectivity index is 3.06. The molecule has 0 atom stereocenters. The number of nitrogens with one attached hydrogen (secondary N) is 1. The van der Waals surface area contributed by atoms with E-state index in [2.05, 4.69) is 10.3 Å². The summed E-state index contributed by atoms with van der Waals surface area (Å²) in [6.45, 7) is 1.36. The molecule has 1 aromatic heterocycles. The van der Waals surface area contributed by atoms with E-state index < -0.39 is 6.67 Å². The molecule has 0 aliphatic rings. The molecule has 0 aliphatic heterocycles. The summed E-state index contributed by atoms with van der Waals surface area (Å²) in [6.07, 6.45) is 1.44. The summed E-state index contributed by atoms with van der Waals surface area (Å²) in [6, 6.07) is 1.98. The molecule has 0 saturated heterocycles. The Bertz CT molecular complexity index is 373. The van der Waals surface area contributed by atoms with E-state index in [0.717, 1.165) is 0 Å². The second kappa shape index (κ2) is 4.77. The van der Waals surface area contributed by atoms with Crippen LogP contribution in [0.15, 0.2) is 6.20 Å². The van der Waals surface area contributed by atoms with E-state index in [9.17, 15) is 4.39 Å². The summed E-state index contributed by atoms with van der Waals surface area (Å²) < 4.78 is 11.9. The fourth-order valence-electron chi connectivity index (χ4n) is 1.02. The zero-order valence-corrected chi connectivity index (χ0v) is 8.40. The average molecular weight is 214 g/mol. The van der Waals surface area contributed by atoms with Crippen molar-refractivity contribution in [1.29, 1.82) is 5.26 Å². The summed E-state index contributed by atoms with van der Waals surface area (Å²) in [4.78, 5) is 3.92. The van der Waals surface area contributed by atoms with Crippen LogP contribution in [0.1, 0.15) is 11.1 Å². The second-order valence-electron chi connectivity index (χ2n) is 2.68. The molecule has 1 rings (SSSR count). The molecular weight excluding hydrogens is 205 g/mol. The van der Waals surface area contributed by atoms with Crippen molar-refractivity contribution in [2.24, 2.45) is 0 Å². The summed E-state index contributed by atoms with van der Waals surface area (Å²) in [5, 5.41) is 12.0. The highest BCUT2D eigenvalue weighted by Gasteiger charge is 2.09. The fourth-order valence-corrected chi connectivity index (χ4v) is 1.16. The van der Waals surface area contributed by atoms with Gasteiger partial charge in [0.25, 0.3) is 0 Å². The zero-order valence-electron chi connectivity index (χ0n) is 7.64. The van der Waals surface area contributed by atoms with E-state index in [1.807, 2.05) is 6.07 Å². The first kappa shape index (κ1) is 10.7. The van der Waals surface area contributed by atoms with Crippen LogP contribution in [0.25, 0.3) is 0 Å². The molecule has 0 fully saturated rings. The Hall–Kier alpha value is -1.34. The first-order chi connectivity index (χ1) is 6.70. The summed E-state index contributed by atoms with van der Waals surface area (Å²) >= 11 is 5.78. The zero-order chi connectivity index (χ0) is 10.6. The van der Waals surface area contributed by atoms with E-state index in [-0.39, 0.29) is 6.54 Å². The largest absolute Gasteiger partial charge is 0.366 e. The Labute approximate surface area is 86.5 Å². The van der Waals surface area contributed by atoms with Crippen molar-refractivity contribution in [3.05, 3.63) is 22.3 Å². The molecule has 0 radical (unpaired) electrons. The average Bonchev–Trinajstić information content (AvgIpc) is 2.20. The lowest BCUT2D eigenvalue weighted by Gasteiger charge is -2.07. The van der Waals surface area contributed by atoms with Gasteiger partial charge in [-0.3, -0.25) is 0 Å². The first-order valence-corrected chi connectivity index (χ1v) is 4.43. The minimum absolute atomic E-state index is 0.142. The van der Waals surface area contributed by atoms with E-state index in [4.69, 9.17) is 16.9 Å². The molecule has 0 aromatic carbocycles. The van der Waals surface area contributed by atoms with E-state index >= 15 is 0 Å². The van der Waals surface area contributed by atoms with Crippen molar-refractivity contribution in [2.75, 3.05) is 18.5 Å². The predicted molar refractivity (Wildman–Crippen MR) is 53.2 cm³/mol. The molecule has 0 amide bonds. The third-order valence-electron chi connectivity index (χ3n) is 1.78. The minimum atomic E-state index is -0.506. The van der Waals surface area contributed by atoms with Crippen molar-refractivity contribution in [3.8, 4) is 6.07 Å². The van der Waals surface area contributed by atoms with Crippen molar-refractivity contribution < 1.29 is 4.39 Å². The maximum absolute atomic E-state index is 11.9. The van der Waals surface area contributed by atoms with Crippen LogP contribution >= 0.6 is 11.6 Å². The summed E-state index contributed by atoms with van der Waals surface area (Å²) in [5.74, 6) is 0.382. The molecule has 14 heavy (non-hydrogen) atoms. The topological polar surface area (TPSA) is 48.7 Å². The highest BCUT2D eigenvalue weighted by Crippen LogP contribution is 2.22. The van der Waals surface area contributed by atoms with Crippen LogP contribution in [-0.2, 0) is 0 Å². The molecule has 0 aliphatic carbocycles. The van der Waals surface area contributed by atoms with Gasteiger partial charge >= 0.3 is 0 Å². The van der Waals surface area contributed by atoms with Crippen molar-refractivity contribution >= 4 is 17.4 Å². The fraction of sp³-hybridized carbons (Fsp3) is 0.333. The number of nitriles is 1. The van der Waals surface area contributed by atoms with Crippen LogP contribution in [0, 0.1) is 18.3 Å². The van der Waals surface area contributed by atoms with Crippen molar-refractivity contribution in [3.63, 3.8) is 0 Å². The molecule has 1 heterocycles. The van der Waals surface area contributed by atoms with Gasteiger partial charge in [-0.25, -0.2) is 9.37 Å². The molecule has 0 spiro atoms. The Kier molecular flexibility index (Phi) is 3.66. The highest BCUT2D eigenvalue weighted by atomic mass is 35.5. The van der Waals surface area contributed by atoms with Gasteiger partial charge in [-0.1, -0.05) is 11.6 Å². The molecule has 0 unspecified atom stereocenters. The number of pyridine rings is 1. The molecule has 3 nitrogen and oxygen atoms in total. The Morgan fingerprint density at radius 1 is 1.71 bits per heavy atom. The molecule has 1 N–H and O–H groups in total. The molecule has 5 heteroatoms. The lowest BCUT2D eigenvalue weighted by molar-refractivity contribution is 0.512. The van der Waals surface area contributed by atoms with E-state index in [0.29, 0.717) is 22.0 Å². The van der Waals surface area contributed by atoms with Crippen molar-refractivity contribution in [2.45, 2.75) is 6.92 Å². The van der Waals surface area contributed by atoms with Gasteiger partial charge < -0.3 is 5.32 Å². The van der Waals surface area contributed by atoms with Gasteiger partial charge in [0, 0.05) is 12.7 Å². The maximum Gasteiger partial charge on any atom is 0.144 e. The molecule has 74 valence electrons. The van der Waals surface area contributed by atoms with Crippen LogP contribution in [0.3, 0.4) is 0 Å². The molecule has 0 bridgehead atoms. The van der Waals surface area contributed by atoms with Gasteiger partial charge in [0.05, 0.1) is 10.6 Å².